The van der Waals surface area contributed by atoms with Crippen LogP contribution in [-0.4, -0.2) is 55.1 Å². The van der Waals surface area contributed by atoms with E-state index in [4.69, 9.17) is 0 Å². The summed E-state index contributed by atoms with van der Waals surface area (Å²) in [5.74, 6) is -6.12. The molecule has 36 heavy (non-hydrogen) atoms. The zero-order valence-electron chi connectivity index (χ0n) is 18.5. The van der Waals surface area contributed by atoms with E-state index in [0.717, 1.165) is 40.0 Å². The van der Waals surface area contributed by atoms with Crippen molar-refractivity contribution in [2.24, 2.45) is 0 Å². The number of nitrogens with zero attached hydrogens (tertiary/aromatic N) is 3. The smallest absolute Gasteiger partial charge is 0.427 e. The lowest BCUT2D eigenvalue weighted by molar-refractivity contribution is -0.129. The highest BCUT2D eigenvalue weighted by molar-refractivity contribution is 7.93. The number of benzene rings is 2. The number of alkyl halides is 2. The maximum Gasteiger partial charge on any atom is 0.427 e. The molecule has 14 heteroatoms. The maximum absolute atomic E-state index is 14.8. The number of halogens is 4. The minimum Gasteiger partial charge on any atom is -0.464 e. The monoisotopic (exact) mass is 544 g/mol. The first-order valence-corrected chi connectivity index (χ1v) is 12.9. The van der Waals surface area contributed by atoms with Crippen LogP contribution in [0.5, 0.6) is 0 Å². The third-order valence-electron chi connectivity index (χ3n) is 5.51. The van der Waals surface area contributed by atoms with Crippen LogP contribution in [0.3, 0.4) is 0 Å². The van der Waals surface area contributed by atoms with Gasteiger partial charge in [0.25, 0.3) is 15.9 Å². The Labute approximate surface area is 207 Å². The van der Waals surface area contributed by atoms with Crippen molar-refractivity contribution in [1.29, 1.82) is 0 Å². The number of rotatable bonds is 9. The van der Waals surface area contributed by atoms with Crippen LogP contribution in [0.4, 0.5) is 33.9 Å². The fourth-order valence-corrected chi connectivity index (χ4v) is 5.78. The lowest BCUT2D eigenvalue weighted by Gasteiger charge is -2.38. The fourth-order valence-electron chi connectivity index (χ4n) is 3.85. The van der Waals surface area contributed by atoms with Gasteiger partial charge in [-0.1, -0.05) is 24.3 Å². The summed E-state index contributed by atoms with van der Waals surface area (Å²) in [6.45, 7) is -0.0229. The minimum atomic E-state index is -5.15. The van der Waals surface area contributed by atoms with Gasteiger partial charge in [-0.05, 0) is 29.7 Å². The standard InChI is InChI=1S/C22H20F4N4O4S2/c23-17-7-16(8-18(24)20(17)36(33,34)30(21(31)32)19-10-35-13-28-19)27-9-15-4-2-1-3-14(15)5-6-29-11-22(25,26)12-29/h1-4,7-8,10,13,27H,5-6,9,11-12H2,(H,31,32). The molecule has 2 heterocycles. The van der Waals surface area contributed by atoms with Crippen molar-refractivity contribution in [2.45, 2.75) is 23.8 Å². The molecule has 0 spiro atoms. The third-order valence-corrected chi connectivity index (χ3v) is 7.81. The molecule has 0 unspecified atom stereocenters. The molecular formula is C22H20F4N4O4S2. The van der Waals surface area contributed by atoms with Crippen LogP contribution in [0.25, 0.3) is 0 Å². The van der Waals surface area contributed by atoms with Gasteiger partial charge in [-0.25, -0.2) is 35.8 Å². The van der Waals surface area contributed by atoms with Gasteiger partial charge < -0.3 is 10.4 Å². The van der Waals surface area contributed by atoms with Gasteiger partial charge in [0.2, 0.25) is 0 Å². The largest absolute Gasteiger partial charge is 0.464 e. The number of aromatic nitrogens is 1. The molecule has 1 aliphatic rings. The second-order valence-electron chi connectivity index (χ2n) is 8.11. The Morgan fingerprint density at radius 1 is 1.17 bits per heavy atom. The predicted molar refractivity (Wildman–Crippen MR) is 125 cm³/mol. The van der Waals surface area contributed by atoms with E-state index >= 15 is 0 Å². The fraction of sp³-hybridized carbons (Fsp3) is 0.273. The number of thiazole rings is 1. The van der Waals surface area contributed by atoms with Gasteiger partial charge in [0, 0.05) is 24.2 Å². The highest BCUT2D eigenvalue weighted by atomic mass is 32.2. The van der Waals surface area contributed by atoms with Crippen LogP contribution >= 0.6 is 11.3 Å². The molecule has 3 aromatic rings. The lowest BCUT2D eigenvalue weighted by atomic mass is 10.0. The summed E-state index contributed by atoms with van der Waals surface area (Å²) in [7, 11) is -5.15. The van der Waals surface area contributed by atoms with Gasteiger partial charge in [-0.3, -0.25) is 4.90 Å². The number of amides is 1. The van der Waals surface area contributed by atoms with Crippen molar-refractivity contribution >= 4 is 39.0 Å². The SMILES string of the molecule is O=C(O)N(c1cscn1)S(=O)(=O)c1c(F)cc(NCc2ccccc2CCN2CC(F)(F)C2)cc1F. The van der Waals surface area contributed by atoms with E-state index in [-0.39, 0.29) is 29.6 Å². The van der Waals surface area contributed by atoms with E-state index < -0.39 is 44.4 Å². The average Bonchev–Trinajstić information content (AvgIpc) is 3.28. The Morgan fingerprint density at radius 2 is 1.81 bits per heavy atom. The summed E-state index contributed by atoms with van der Waals surface area (Å²) in [4.78, 5) is 15.4. The molecular weight excluding hydrogens is 524 g/mol. The van der Waals surface area contributed by atoms with Crippen molar-refractivity contribution in [2.75, 3.05) is 29.3 Å². The van der Waals surface area contributed by atoms with Gasteiger partial charge in [0.15, 0.2) is 10.7 Å². The zero-order chi connectivity index (χ0) is 26.1. The van der Waals surface area contributed by atoms with Crippen LogP contribution in [0, 0.1) is 11.6 Å². The normalized spacial score (nSPS) is 15.3. The number of sulfonamides is 1. The lowest BCUT2D eigenvalue weighted by Crippen LogP contribution is -2.56. The molecule has 1 saturated heterocycles. The summed E-state index contributed by atoms with van der Waals surface area (Å²) in [6, 6.07) is 8.65. The molecule has 8 nitrogen and oxygen atoms in total. The number of anilines is 2. The molecule has 0 atom stereocenters. The quantitative estimate of drug-likeness (QED) is 0.385. The van der Waals surface area contributed by atoms with Gasteiger partial charge in [0.05, 0.1) is 18.6 Å². The molecule has 0 saturated carbocycles. The van der Waals surface area contributed by atoms with E-state index in [1.165, 1.54) is 5.51 Å². The summed E-state index contributed by atoms with van der Waals surface area (Å²) in [5.41, 5.74) is 2.73. The highest BCUT2D eigenvalue weighted by Crippen LogP contribution is 2.30. The first kappa shape index (κ1) is 25.9. The highest BCUT2D eigenvalue weighted by Gasteiger charge is 2.43. The molecule has 1 fully saturated rings. The Kier molecular flexibility index (Phi) is 7.20. The van der Waals surface area contributed by atoms with Crippen molar-refractivity contribution in [3.8, 4) is 0 Å². The van der Waals surface area contributed by atoms with Crippen molar-refractivity contribution < 1.29 is 35.9 Å². The first-order valence-electron chi connectivity index (χ1n) is 10.5. The molecule has 4 rings (SSSR count). The van der Waals surface area contributed by atoms with Crippen molar-refractivity contribution in [1.82, 2.24) is 9.88 Å². The number of hydrogen-bond acceptors (Lipinski definition) is 7. The van der Waals surface area contributed by atoms with Crippen LogP contribution in [0.15, 0.2) is 52.2 Å². The minimum absolute atomic E-state index is 0.0725. The molecule has 192 valence electrons. The van der Waals surface area contributed by atoms with Gasteiger partial charge in [-0.2, -0.15) is 0 Å². The van der Waals surface area contributed by atoms with Crippen molar-refractivity contribution in [3.05, 3.63) is 70.1 Å². The molecule has 0 radical (unpaired) electrons. The van der Waals surface area contributed by atoms with Gasteiger partial charge in [-0.15, -0.1) is 15.6 Å². The van der Waals surface area contributed by atoms with E-state index in [2.05, 4.69) is 10.3 Å². The Bertz CT molecular complexity index is 1340. The van der Waals surface area contributed by atoms with E-state index in [0.29, 0.717) is 13.0 Å². The van der Waals surface area contributed by atoms with Gasteiger partial charge in [0.1, 0.15) is 11.6 Å². The second kappa shape index (κ2) is 10.0. The Morgan fingerprint density at radius 3 is 2.36 bits per heavy atom. The Hall–Kier alpha value is -3.23. The number of carboxylic acid groups (broad SMARTS) is 1. The molecule has 0 bridgehead atoms. The molecule has 1 amide bonds. The van der Waals surface area contributed by atoms with Crippen molar-refractivity contribution in [3.63, 3.8) is 0 Å². The zero-order valence-corrected chi connectivity index (χ0v) is 20.1. The molecule has 1 aliphatic heterocycles. The second-order valence-corrected chi connectivity index (χ2v) is 10.5. The molecule has 1 aromatic heterocycles. The maximum atomic E-state index is 14.8. The Balaban J connectivity index is 1.50. The summed E-state index contributed by atoms with van der Waals surface area (Å²) in [5, 5.41) is 13.3. The molecule has 0 aliphatic carbocycles. The predicted octanol–water partition coefficient (Wildman–Crippen LogP) is 4.40. The third kappa shape index (κ3) is 5.44. The van der Waals surface area contributed by atoms with Crippen LogP contribution in [0.1, 0.15) is 11.1 Å². The number of nitrogens with one attached hydrogen (secondary N) is 1. The van der Waals surface area contributed by atoms with Crippen LogP contribution in [0.2, 0.25) is 0 Å². The topological polar surface area (TPSA) is 103 Å². The van der Waals surface area contributed by atoms with Crippen LogP contribution < -0.4 is 9.62 Å². The van der Waals surface area contributed by atoms with Gasteiger partial charge >= 0.3 is 6.09 Å². The number of carbonyl (C=O) groups is 1. The first-order chi connectivity index (χ1) is 17.0. The summed E-state index contributed by atoms with van der Waals surface area (Å²) >= 11 is 0.908. The van der Waals surface area contributed by atoms with E-state index in [1.54, 1.807) is 23.1 Å². The molecule has 2 N–H and O–H groups in total. The number of hydrogen-bond donors (Lipinski definition) is 2. The summed E-state index contributed by atoms with van der Waals surface area (Å²) in [6.07, 6.45) is -1.48. The molecule has 2 aromatic carbocycles. The summed E-state index contributed by atoms with van der Waals surface area (Å²) < 4.78 is 81.2. The van der Waals surface area contributed by atoms with Crippen LogP contribution in [-0.2, 0) is 23.0 Å². The average molecular weight is 545 g/mol. The van der Waals surface area contributed by atoms with E-state index in [1.807, 2.05) is 6.07 Å². The van der Waals surface area contributed by atoms with E-state index in [9.17, 15) is 35.9 Å². The number of likely N-dealkylation sites (tertiary alicyclic amines) is 1.